The summed E-state index contributed by atoms with van der Waals surface area (Å²) in [5, 5.41) is 0. The molecular weight excluding hydrogens is 386 g/mol. The highest BCUT2D eigenvalue weighted by Crippen LogP contribution is 2.32. The van der Waals surface area contributed by atoms with Crippen LogP contribution in [0.1, 0.15) is 47.7 Å². The van der Waals surface area contributed by atoms with E-state index in [0.29, 0.717) is 12.6 Å². The maximum Gasteiger partial charge on any atom is 0.258 e. The minimum atomic E-state index is 0.0889. The van der Waals surface area contributed by atoms with Crippen molar-refractivity contribution in [3.05, 3.63) is 53.1 Å². The van der Waals surface area contributed by atoms with E-state index in [1.807, 2.05) is 23.1 Å². The number of benzene rings is 2. The molecule has 2 aromatic rings. The quantitative estimate of drug-likeness (QED) is 0.616. The predicted octanol–water partition coefficient (Wildman–Crippen LogP) is 4.52. The summed E-state index contributed by atoms with van der Waals surface area (Å²) in [7, 11) is 4.31. The molecule has 2 heterocycles. The highest BCUT2D eigenvalue weighted by Gasteiger charge is 2.28. The summed E-state index contributed by atoms with van der Waals surface area (Å²) in [6, 6.07) is 13.1. The van der Waals surface area contributed by atoms with Crippen LogP contribution in [-0.4, -0.2) is 57.2 Å². The average Bonchev–Trinajstić information content (AvgIpc) is 3.25. The van der Waals surface area contributed by atoms with Gasteiger partial charge >= 0.3 is 0 Å². The molecule has 1 saturated heterocycles. The number of anilines is 2. The zero-order valence-corrected chi connectivity index (χ0v) is 19.4. The molecule has 5 heteroatoms. The third kappa shape index (κ3) is 4.57. The minimum absolute atomic E-state index is 0.0889. The molecule has 0 N–H and O–H groups in total. The molecule has 2 aromatic carbocycles. The summed E-state index contributed by atoms with van der Waals surface area (Å²) in [5.41, 5.74) is 5.32. The smallest absolute Gasteiger partial charge is 0.258 e. The van der Waals surface area contributed by atoms with Crippen LogP contribution in [0.2, 0.25) is 0 Å². The van der Waals surface area contributed by atoms with E-state index in [-0.39, 0.29) is 5.91 Å². The zero-order chi connectivity index (χ0) is 22.0. The fourth-order valence-corrected chi connectivity index (χ4v) is 4.66. The van der Waals surface area contributed by atoms with E-state index in [9.17, 15) is 4.79 Å². The van der Waals surface area contributed by atoms with Gasteiger partial charge in [-0.15, -0.1) is 0 Å². The lowest BCUT2D eigenvalue weighted by Gasteiger charge is -2.31. The number of unbranched alkanes of at least 4 members (excludes halogenated alkanes) is 1. The van der Waals surface area contributed by atoms with Crippen LogP contribution >= 0.6 is 0 Å². The van der Waals surface area contributed by atoms with Crippen LogP contribution in [0.3, 0.4) is 0 Å². The van der Waals surface area contributed by atoms with Gasteiger partial charge in [0.1, 0.15) is 5.75 Å². The lowest BCUT2D eigenvalue weighted by molar-refractivity contribution is 0.0980. The van der Waals surface area contributed by atoms with Crippen molar-refractivity contribution in [2.75, 3.05) is 50.1 Å². The monoisotopic (exact) mass is 421 g/mol. The summed E-state index contributed by atoms with van der Waals surface area (Å²) in [4.78, 5) is 20.0. The predicted molar refractivity (Wildman–Crippen MR) is 128 cm³/mol. The number of hydrogen-bond acceptors (Lipinski definition) is 4. The van der Waals surface area contributed by atoms with Gasteiger partial charge in [0.15, 0.2) is 0 Å². The van der Waals surface area contributed by atoms with Crippen molar-refractivity contribution in [1.29, 1.82) is 0 Å². The van der Waals surface area contributed by atoms with E-state index in [1.165, 1.54) is 12.1 Å². The van der Waals surface area contributed by atoms with Crippen molar-refractivity contribution in [2.24, 2.45) is 0 Å². The van der Waals surface area contributed by atoms with Gasteiger partial charge in [0.05, 0.1) is 6.61 Å². The van der Waals surface area contributed by atoms with Gasteiger partial charge in [-0.2, -0.15) is 0 Å². The Morgan fingerprint density at radius 2 is 1.97 bits per heavy atom. The molecular formula is C26H35N3O2. The first kappa shape index (κ1) is 21.7. The highest BCUT2D eigenvalue weighted by atomic mass is 16.5. The normalized spacial score (nSPS) is 18.6. The molecule has 1 unspecified atom stereocenters. The number of rotatable bonds is 7. The summed E-state index contributed by atoms with van der Waals surface area (Å²) in [5.74, 6) is 0.960. The number of fused-ring (bicyclic) bond motifs is 1. The first-order valence-corrected chi connectivity index (χ1v) is 11.6. The van der Waals surface area contributed by atoms with Gasteiger partial charge in [0.25, 0.3) is 5.91 Å². The van der Waals surface area contributed by atoms with Gasteiger partial charge in [0, 0.05) is 42.6 Å². The molecule has 0 radical (unpaired) electrons. The number of carbonyl (C=O) groups excluding carboxylic acids is 1. The third-order valence-electron chi connectivity index (χ3n) is 6.65. The van der Waals surface area contributed by atoms with Crippen LogP contribution in [0.25, 0.3) is 0 Å². The molecule has 2 aliphatic heterocycles. The Balaban J connectivity index is 1.49. The van der Waals surface area contributed by atoms with Crippen LogP contribution in [0.4, 0.5) is 11.4 Å². The van der Waals surface area contributed by atoms with E-state index >= 15 is 0 Å². The second kappa shape index (κ2) is 9.31. The van der Waals surface area contributed by atoms with E-state index in [1.54, 1.807) is 0 Å². The maximum absolute atomic E-state index is 13.3. The fraction of sp³-hybridized carbons (Fsp3) is 0.500. The second-order valence-corrected chi connectivity index (χ2v) is 9.05. The Morgan fingerprint density at radius 3 is 2.68 bits per heavy atom. The Bertz CT molecular complexity index is 940. The second-order valence-electron chi connectivity index (χ2n) is 9.05. The highest BCUT2D eigenvalue weighted by molar-refractivity contribution is 6.08. The van der Waals surface area contributed by atoms with Crippen LogP contribution < -0.4 is 14.5 Å². The molecule has 0 spiro atoms. The maximum atomic E-state index is 13.3. The van der Waals surface area contributed by atoms with Crippen LogP contribution in [0, 0.1) is 6.92 Å². The van der Waals surface area contributed by atoms with Gasteiger partial charge < -0.3 is 19.4 Å². The standard InChI is InChI=1S/C26H35N3O2/c1-5-6-15-31-23-8-9-24-20(17-23)11-14-29(26(24)30)25-10-7-21(16-19(25)2)28-13-12-22(18-28)27(3)4/h7-10,16-17,22H,5-6,11-15,18H2,1-4H3. The van der Waals surface area contributed by atoms with Gasteiger partial charge in [-0.1, -0.05) is 13.3 Å². The fourth-order valence-electron chi connectivity index (χ4n) is 4.66. The summed E-state index contributed by atoms with van der Waals surface area (Å²) >= 11 is 0. The number of hydrogen-bond donors (Lipinski definition) is 0. The zero-order valence-electron chi connectivity index (χ0n) is 19.4. The number of aryl methyl sites for hydroxylation is 1. The Kier molecular flexibility index (Phi) is 6.51. The lowest BCUT2D eigenvalue weighted by Crippen LogP contribution is -2.38. The van der Waals surface area contributed by atoms with Gasteiger partial charge in [-0.25, -0.2) is 0 Å². The van der Waals surface area contributed by atoms with E-state index < -0.39 is 0 Å². The Labute approximate surface area is 186 Å². The van der Waals surface area contributed by atoms with Crippen molar-refractivity contribution in [3.63, 3.8) is 0 Å². The number of amides is 1. The van der Waals surface area contributed by atoms with Crippen molar-refractivity contribution >= 4 is 17.3 Å². The SMILES string of the molecule is CCCCOc1ccc2c(c1)CCN(c1ccc(N3CCC(N(C)C)C3)cc1C)C2=O. The van der Waals surface area contributed by atoms with Crippen molar-refractivity contribution in [2.45, 2.75) is 45.6 Å². The molecule has 0 aliphatic carbocycles. The molecule has 1 atom stereocenters. The molecule has 1 fully saturated rings. The Morgan fingerprint density at radius 1 is 1.13 bits per heavy atom. The summed E-state index contributed by atoms with van der Waals surface area (Å²) < 4.78 is 5.83. The van der Waals surface area contributed by atoms with Crippen molar-refractivity contribution in [3.8, 4) is 5.75 Å². The first-order valence-electron chi connectivity index (χ1n) is 11.6. The molecule has 31 heavy (non-hydrogen) atoms. The summed E-state index contributed by atoms with van der Waals surface area (Å²) in [6.45, 7) is 7.85. The molecule has 0 saturated carbocycles. The molecule has 2 aliphatic rings. The topological polar surface area (TPSA) is 36.0 Å². The van der Waals surface area contributed by atoms with E-state index in [4.69, 9.17) is 4.74 Å². The summed E-state index contributed by atoms with van der Waals surface area (Å²) in [6.07, 6.45) is 4.21. The molecule has 4 rings (SSSR count). The van der Waals surface area contributed by atoms with Crippen molar-refractivity contribution < 1.29 is 9.53 Å². The van der Waals surface area contributed by atoms with E-state index in [0.717, 1.165) is 67.1 Å². The molecule has 0 aromatic heterocycles. The Hall–Kier alpha value is -2.53. The average molecular weight is 422 g/mol. The number of likely N-dealkylation sites (N-methyl/N-ethyl adjacent to an activating group) is 1. The third-order valence-corrected chi connectivity index (χ3v) is 6.65. The number of nitrogens with zero attached hydrogens (tertiary/aromatic N) is 3. The number of ether oxygens (including phenoxy) is 1. The van der Waals surface area contributed by atoms with Gasteiger partial charge in [-0.3, -0.25) is 4.79 Å². The molecule has 1 amide bonds. The van der Waals surface area contributed by atoms with Crippen molar-refractivity contribution in [1.82, 2.24) is 4.90 Å². The van der Waals surface area contributed by atoms with Gasteiger partial charge in [0.2, 0.25) is 0 Å². The van der Waals surface area contributed by atoms with E-state index in [2.05, 4.69) is 55.9 Å². The minimum Gasteiger partial charge on any atom is -0.494 e. The largest absolute Gasteiger partial charge is 0.494 e. The molecule has 166 valence electrons. The molecule has 0 bridgehead atoms. The van der Waals surface area contributed by atoms with Crippen LogP contribution in [0.15, 0.2) is 36.4 Å². The van der Waals surface area contributed by atoms with Crippen LogP contribution in [0.5, 0.6) is 5.75 Å². The van der Waals surface area contributed by atoms with Crippen LogP contribution in [-0.2, 0) is 6.42 Å². The first-order chi connectivity index (χ1) is 15.0. The van der Waals surface area contributed by atoms with Gasteiger partial charge in [-0.05, 0) is 87.8 Å². The molecule has 5 nitrogen and oxygen atoms in total. The lowest BCUT2D eigenvalue weighted by atomic mass is 9.97. The number of carbonyl (C=O) groups is 1.